The predicted molar refractivity (Wildman–Crippen MR) is 29.0 cm³/mol. The van der Waals surface area contributed by atoms with Crippen molar-refractivity contribution in [1.29, 1.82) is 0 Å². The van der Waals surface area contributed by atoms with Crippen LogP contribution < -0.4 is 11.3 Å². The maximum atomic E-state index is 11.5. The molecule has 1 unspecified atom stereocenters. The molecule has 0 aliphatic rings. The number of hydrogen-bond donors (Lipinski definition) is 3. The average Bonchev–Trinajstić information content (AvgIpc) is 1.85. The Labute approximate surface area is 60.1 Å². The molecule has 0 heterocycles. The van der Waals surface area contributed by atoms with E-state index in [1.54, 1.807) is 0 Å². The van der Waals surface area contributed by atoms with Crippen LogP contribution >= 0.6 is 0 Å². The van der Waals surface area contributed by atoms with Crippen LogP contribution in [0, 0.1) is 0 Å². The molecule has 4 N–H and O–H groups in total. The molecule has 0 aromatic rings. The fraction of sp³-hybridized carbons (Fsp3) is 0.750. The third-order valence-corrected chi connectivity index (χ3v) is 0.918. The van der Waals surface area contributed by atoms with Gasteiger partial charge in [-0.1, -0.05) is 0 Å². The molecule has 0 bridgehead atoms. The number of nitrogens with two attached hydrogens (primary N) is 1. The van der Waals surface area contributed by atoms with Crippen LogP contribution in [0.4, 0.5) is 13.2 Å². The fourth-order valence-corrected chi connectivity index (χ4v) is 0.350. The number of rotatable bonds is 2. The summed E-state index contributed by atoms with van der Waals surface area (Å²) >= 11 is 0. The number of hydrazine groups is 1. The smallest absolute Gasteiger partial charge is 0.383 e. The quantitative estimate of drug-likeness (QED) is 0.292. The van der Waals surface area contributed by atoms with Crippen molar-refractivity contribution in [2.75, 3.05) is 0 Å². The Morgan fingerprint density at radius 1 is 1.64 bits per heavy atom. The van der Waals surface area contributed by atoms with Crippen LogP contribution in [0.1, 0.15) is 6.42 Å². The molecule has 0 saturated carbocycles. The second-order valence-corrected chi connectivity index (χ2v) is 1.83. The predicted octanol–water partition coefficient (Wildman–Crippen LogP) is -0.710. The van der Waals surface area contributed by atoms with E-state index < -0.39 is 24.6 Å². The van der Waals surface area contributed by atoms with Crippen molar-refractivity contribution in [2.24, 2.45) is 5.84 Å². The van der Waals surface area contributed by atoms with Crippen LogP contribution in [0.25, 0.3) is 0 Å². The van der Waals surface area contributed by atoms with Gasteiger partial charge in [0, 0.05) is 0 Å². The van der Waals surface area contributed by atoms with Gasteiger partial charge in [0.15, 0.2) is 6.10 Å². The van der Waals surface area contributed by atoms with Gasteiger partial charge in [-0.05, 0) is 0 Å². The van der Waals surface area contributed by atoms with E-state index >= 15 is 0 Å². The molecule has 0 rings (SSSR count). The van der Waals surface area contributed by atoms with Gasteiger partial charge in [-0.25, -0.2) is 5.84 Å². The zero-order chi connectivity index (χ0) is 9.07. The van der Waals surface area contributed by atoms with E-state index in [1.165, 1.54) is 5.43 Å². The number of aliphatic hydroxyl groups excluding tert-OH is 1. The SMILES string of the molecule is NNC(=O)CC(O)C(F)(F)F. The van der Waals surface area contributed by atoms with Gasteiger partial charge in [0.2, 0.25) is 5.91 Å². The molecule has 0 saturated heterocycles. The average molecular weight is 172 g/mol. The topological polar surface area (TPSA) is 75.3 Å². The van der Waals surface area contributed by atoms with Gasteiger partial charge in [-0.2, -0.15) is 13.2 Å². The van der Waals surface area contributed by atoms with Gasteiger partial charge in [0.1, 0.15) is 0 Å². The first-order valence-electron chi connectivity index (χ1n) is 2.62. The van der Waals surface area contributed by atoms with Gasteiger partial charge >= 0.3 is 6.18 Å². The molecule has 1 atom stereocenters. The highest BCUT2D eigenvalue weighted by molar-refractivity contribution is 5.75. The molecular weight excluding hydrogens is 165 g/mol. The maximum absolute atomic E-state index is 11.5. The van der Waals surface area contributed by atoms with E-state index in [1.807, 2.05) is 0 Å². The van der Waals surface area contributed by atoms with Crippen molar-refractivity contribution < 1.29 is 23.1 Å². The minimum atomic E-state index is -4.77. The molecule has 0 spiro atoms. The molecular formula is C4H7F3N2O2. The first-order chi connectivity index (χ1) is 4.88. The lowest BCUT2D eigenvalue weighted by Gasteiger charge is -2.12. The zero-order valence-electron chi connectivity index (χ0n) is 5.35. The molecule has 11 heavy (non-hydrogen) atoms. The standard InChI is InChI=1S/C4H7F3N2O2/c5-4(6,7)2(10)1-3(11)9-8/h2,10H,1,8H2,(H,9,11). The first-order valence-corrected chi connectivity index (χ1v) is 2.62. The van der Waals surface area contributed by atoms with E-state index in [2.05, 4.69) is 5.84 Å². The Bertz CT molecular complexity index is 147. The lowest BCUT2D eigenvalue weighted by Crippen LogP contribution is -2.38. The molecule has 0 fully saturated rings. The van der Waals surface area contributed by atoms with Gasteiger partial charge in [0.05, 0.1) is 6.42 Å². The molecule has 0 radical (unpaired) electrons. The number of halogens is 3. The minimum Gasteiger partial charge on any atom is -0.383 e. The summed E-state index contributed by atoms with van der Waals surface area (Å²) in [6.45, 7) is 0. The first kappa shape index (κ1) is 10.2. The van der Waals surface area contributed by atoms with Crippen molar-refractivity contribution in [3.05, 3.63) is 0 Å². The number of nitrogens with one attached hydrogen (secondary N) is 1. The Morgan fingerprint density at radius 2 is 2.09 bits per heavy atom. The summed E-state index contributed by atoms with van der Waals surface area (Å²) in [5, 5.41) is 8.25. The van der Waals surface area contributed by atoms with Crippen LogP contribution in [0.2, 0.25) is 0 Å². The molecule has 0 aromatic heterocycles. The largest absolute Gasteiger partial charge is 0.414 e. The Kier molecular flexibility index (Phi) is 3.27. The summed E-state index contributed by atoms with van der Waals surface area (Å²) in [5.41, 5.74) is 1.47. The zero-order valence-corrected chi connectivity index (χ0v) is 5.35. The van der Waals surface area contributed by atoms with Gasteiger partial charge in [0.25, 0.3) is 0 Å². The normalized spacial score (nSPS) is 14.3. The summed E-state index contributed by atoms with van der Waals surface area (Å²) in [6.07, 6.45) is -8.49. The van der Waals surface area contributed by atoms with Crippen molar-refractivity contribution in [1.82, 2.24) is 5.43 Å². The van der Waals surface area contributed by atoms with Crippen molar-refractivity contribution in [2.45, 2.75) is 18.7 Å². The number of aliphatic hydroxyl groups is 1. The van der Waals surface area contributed by atoms with Crippen molar-refractivity contribution >= 4 is 5.91 Å². The van der Waals surface area contributed by atoms with E-state index in [0.717, 1.165) is 0 Å². The summed E-state index contributed by atoms with van der Waals surface area (Å²) in [6, 6.07) is 0. The molecule has 4 nitrogen and oxygen atoms in total. The van der Waals surface area contributed by atoms with E-state index in [-0.39, 0.29) is 0 Å². The van der Waals surface area contributed by atoms with Crippen LogP contribution in [0.3, 0.4) is 0 Å². The number of amides is 1. The third-order valence-electron chi connectivity index (χ3n) is 0.918. The van der Waals surface area contributed by atoms with E-state index in [4.69, 9.17) is 5.11 Å². The van der Waals surface area contributed by atoms with Crippen molar-refractivity contribution in [3.8, 4) is 0 Å². The lowest BCUT2D eigenvalue weighted by atomic mass is 10.2. The van der Waals surface area contributed by atoms with Crippen LogP contribution in [-0.4, -0.2) is 23.3 Å². The monoisotopic (exact) mass is 172 g/mol. The molecule has 0 aliphatic heterocycles. The second-order valence-electron chi connectivity index (χ2n) is 1.83. The summed E-state index contributed by atoms with van der Waals surface area (Å²) in [4.78, 5) is 10.2. The highest BCUT2D eigenvalue weighted by Crippen LogP contribution is 2.21. The minimum absolute atomic E-state index is 1.06. The molecule has 0 aliphatic carbocycles. The Balaban J connectivity index is 3.87. The highest BCUT2D eigenvalue weighted by Gasteiger charge is 2.39. The maximum Gasteiger partial charge on any atom is 0.414 e. The third kappa shape index (κ3) is 3.79. The number of alkyl halides is 3. The Hall–Kier alpha value is -0.820. The van der Waals surface area contributed by atoms with E-state index in [9.17, 15) is 18.0 Å². The van der Waals surface area contributed by atoms with Gasteiger partial charge in [-0.3, -0.25) is 10.2 Å². The van der Waals surface area contributed by atoms with E-state index in [0.29, 0.717) is 0 Å². The van der Waals surface area contributed by atoms with Gasteiger partial charge in [-0.15, -0.1) is 0 Å². The fourth-order valence-electron chi connectivity index (χ4n) is 0.350. The summed E-state index contributed by atoms with van der Waals surface area (Å²) < 4.78 is 34.4. The molecule has 0 aromatic carbocycles. The van der Waals surface area contributed by atoms with Gasteiger partial charge < -0.3 is 5.11 Å². The summed E-state index contributed by atoms with van der Waals surface area (Å²) in [7, 11) is 0. The molecule has 7 heteroatoms. The van der Waals surface area contributed by atoms with Crippen molar-refractivity contribution in [3.63, 3.8) is 0 Å². The van der Waals surface area contributed by atoms with Crippen LogP contribution in [0.5, 0.6) is 0 Å². The lowest BCUT2D eigenvalue weighted by molar-refractivity contribution is -0.205. The van der Waals surface area contributed by atoms with Crippen LogP contribution in [0.15, 0.2) is 0 Å². The Morgan fingerprint density at radius 3 is 2.36 bits per heavy atom. The number of carbonyl (C=O) groups is 1. The highest BCUT2D eigenvalue weighted by atomic mass is 19.4. The molecule has 66 valence electrons. The number of hydrogen-bond acceptors (Lipinski definition) is 3. The summed E-state index contributed by atoms with van der Waals surface area (Å²) in [5.74, 6) is 3.43. The van der Waals surface area contributed by atoms with Crippen LogP contribution in [-0.2, 0) is 4.79 Å². The number of carbonyl (C=O) groups excluding carboxylic acids is 1. The molecule has 1 amide bonds. The second kappa shape index (κ2) is 3.54.